The number of rotatable bonds is 6. The molecule has 3 N–H and O–H groups in total. The van der Waals surface area contributed by atoms with Gasteiger partial charge >= 0.3 is 0 Å². The van der Waals surface area contributed by atoms with Gasteiger partial charge in [-0.1, -0.05) is 30.3 Å². The van der Waals surface area contributed by atoms with Crippen LogP contribution in [-0.2, 0) is 11.2 Å². The second-order valence-electron chi connectivity index (χ2n) is 5.30. The average Bonchev–Trinajstić information content (AvgIpc) is 2.56. The van der Waals surface area contributed by atoms with Gasteiger partial charge in [0.1, 0.15) is 17.4 Å². The van der Waals surface area contributed by atoms with Crippen molar-refractivity contribution in [3.63, 3.8) is 0 Å². The Morgan fingerprint density at radius 2 is 2.04 bits per heavy atom. The Morgan fingerprint density at radius 1 is 1.25 bits per heavy atom. The minimum Gasteiger partial charge on any atom is -0.508 e. The number of nitrogens with one attached hydrogen (secondary N) is 2. The Hall–Kier alpha value is -3.26. The first-order chi connectivity index (χ1) is 11.6. The topological polar surface area (TPSA) is 85.2 Å². The van der Waals surface area contributed by atoms with Crippen LogP contribution in [0.5, 0.6) is 5.75 Å². The summed E-state index contributed by atoms with van der Waals surface area (Å²) in [6.45, 7) is 2.67. The van der Waals surface area contributed by atoms with E-state index < -0.39 is 5.91 Å². The number of carbonyl (C=O) groups is 1. The fourth-order valence-electron chi connectivity index (χ4n) is 2.20. The van der Waals surface area contributed by atoms with Gasteiger partial charge in [-0.2, -0.15) is 5.26 Å². The molecular weight excluding hydrogens is 302 g/mol. The van der Waals surface area contributed by atoms with Crippen molar-refractivity contribution in [2.45, 2.75) is 13.3 Å². The molecule has 0 bridgehead atoms. The van der Waals surface area contributed by atoms with Crippen molar-refractivity contribution < 1.29 is 9.90 Å². The van der Waals surface area contributed by atoms with Crippen molar-refractivity contribution in [2.75, 3.05) is 11.9 Å². The van der Waals surface area contributed by atoms with E-state index in [0.717, 1.165) is 6.42 Å². The zero-order valence-electron chi connectivity index (χ0n) is 13.4. The van der Waals surface area contributed by atoms with Gasteiger partial charge in [0.2, 0.25) is 0 Å². The lowest BCUT2D eigenvalue weighted by molar-refractivity contribution is -0.112. The van der Waals surface area contributed by atoms with E-state index in [9.17, 15) is 9.90 Å². The van der Waals surface area contributed by atoms with Crippen molar-refractivity contribution >= 4 is 11.6 Å². The normalized spacial score (nSPS) is 10.8. The van der Waals surface area contributed by atoms with Crippen LogP contribution in [0.15, 0.2) is 60.3 Å². The van der Waals surface area contributed by atoms with Crippen LogP contribution in [0.4, 0.5) is 5.69 Å². The number of phenolic OH excluding ortho intramolecular Hbond substituents is 1. The van der Waals surface area contributed by atoms with E-state index in [1.807, 2.05) is 18.2 Å². The van der Waals surface area contributed by atoms with Gasteiger partial charge < -0.3 is 15.7 Å². The van der Waals surface area contributed by atoms with Crippen LogP contribution in [0.2, 0.25) is 0 Å². The molecule has 1 amide bonds. The quantitative estimate of drug-likeness (QED) is 0.434. The summed E-state index contributed by atoms with van der Waals surface area (Å²) in [6.07, 6.45) is 2.21. The van der Waals surface area contributed by atoms with E-state index in [1.165, 1.54) is 29.5 Å². The van der Waals surface area contributed by atoms with Crippen LogP contribution in [0, 0.1) is 18.3 Å². The SMILES string of the molecule is Cc1ccccc1CCN/C=C(/C#N)C(=O)Nc1cccc(O)c1. The second kappa shape index (κ2) is 8.39. The van der Waals surface area contributed by atoms with Crippen molar-refractivity contribution in [3.05, 3.63) is 71.4 Å². The van der Waals surface area contributed by atoms with E-state index in [-0.39, 0.29) is 11.3 Å². The van der Waals surface area contributed by atoms with E-state index in [0.29, 0.717) is 12.2 Å². The third-order valence-corrected chi connectivity index (χ3v) is 3.52. The molecule has 0 radical (unpaired) electrons. The highest BCUT2D eigenvalue weighted by molar-refractivity contribution is 6.06. The largest absolute Gasteiger partial charge is 0.508 e. The van der Waals surface area contributed by atoms with Gasteiger partial charge in [0.15, 0.2) is 0 Å². The fourth-order valence-corrected chi connectivity index (χ4v) is 2.20. The number of aromatic hydroxyl groups is 1. The minimum atomic E-state index is -0.522. The Balaban J connectivity index is 1.90. The van der Waals surface area contributed by atoms with Gasteiger partial charge in [-0.3, -0.25) is 4.79 Å². The van der Waals surface area contributed by atoms with Gasteiger partial charge in [-0.25, -0.2) is 0 Å². The molecule has 0 saturated carbocycles. The number of nitriles is 1. The number of anilines is 1. The average molecular weight is 321 g/mol. The number of nitrogens with zero attached hydrogens (tertiary/aromatic N) is 1. The molecule has 0 aromatic heterocycles. The minimum absolute atomic E-state index is 0.0249. The summed E-state index contributed by atoms with van der Waals surface area (Å²) < 4.78 is 0. The predicted molar refractivity (Wildman–Crippen MR) is 93.3 cm³/mol. The van der Waals surface area contributed by atoms with E-state index in [1.54, 1.807) is 12.1 Å². The summed E-state index contributed by atoms with van der Waals surface area (Å²) in [5.74, 6) is -0.474. The van der Waals surface area contributed by atoms with Gasteiger partial charge in [-0.05, 0) is 36.6 Å². The van der Waals surface area contributed by atoms with E-state index >= 15 is 0 Å². The molecule has 0 unspecified atom stereocenters. The maximum atomic E-state index is 12.0. The second-order valence-corrected chi connectivity index (χ2v) is 5.30. The van der Waals surface area contributed by atoms with Crippen molar-refractivity contribution in [1.82, 2.24) is 5.32 Å². The lowest BCUT2D eigenvalue weighted by Gasteiger charge is -2.07. The monoisotopic (exact) mass is 321 g/mol. The number of benzene rings is 2. The molecule has 122 valence electrons. The highest BCUT2D eigenvalue weighted by Gasteiger charge is 2.09. The molecule has 0 spiro atoms. The summed E-state index contributed by atoms with van der Waals surface area (Å²) in [4.78, 5) is 12.0. The third-order valence-electron chi connectivity index (χ3n) is 3.52. The molecule has 2 aromatic rings. The number of aryl methyl sites for hydroxylation is 1. The first kappa shape index (κ1) is 17.1. The summed E-state index contributed by atoms with van der Waals surface area (Å²) in [5.41, 5.74) is 2.84. The predicted octanol–water partition coefficient (Wildman–Crippen LogP) is 2.88. The van der Waals surface area contributed by atoms with Gasteiger partial charge in [-0.15, -0.1) is 0 Å². The Kier molecular flexibility index (Phi) is 5.98. The number of hydrogen-bond donors (Lipinski definition) is 3. The molecule has 0 aliphatic carbocycles. The van der Waals surface area contributed by atoms with Crippen LogP contribution >= 0.6 is 0 Å². The summed E-state index contributed by atoms with van der Waals surface area (Å²) >= 11 is 0. The molecule has 0 saturated heterocycles. The molecule has 0 atom stereocenters. The highest BCUT2D eigenvalue weighted by Crippen LogP contribution is 2.15. The van der Waals surface area contributed by atoms with Crippen molar-refractivity contribution in [2.24, 2.45) is 0 Å². The zero-order valence-corrected chi connectivity index (χ0v) is 13.4. The molecule has 2 aromatic carbocycles. The molecule has 0 aliphatic rings. The van der Waals surface area contributed by atoms with Crippen LogP contribution in [-0.4, -0.2) is 17.6 Å². The summed E-state index contributed by atoms with van der Waals surface area (Å²) in [5, 5.41) is 24.1. The molecular formula is C19H19N3O2. The summed E-state index contributed by atoms with van der Waals surface area (Å²) in [6, 6.07) is 16.1. The zero-order chi connectivity index (χ0) is 17.4. The van der Waals surface area contributed by atoms with Crippen molar-refractivity contribution in [1.29, 1.82) is 5.26 Å². The van der Waals surface area contributed by atoms with E-state index in [4.69, 9.17) is 5.26 Å². The lowest BCUT2D eigenvalue weighted by atomic mass is 10.1. The number of amides is 1. The standard InChI is InChI=1S/C19H19N3O2/c1-14-5-2-3-6-15(14)9-10-21-13-16(12-20)19(24)22-17-7-4-8-18(23)11-17/h2-8,11,13,21,23H,9-10H2,1H3,(H,22,24)/b16-13-. The van der Waals surface area contributed by atoms with Gasteiger partial charge in [0.25, 0.3) is 5.91 Å². The first-order valence-electron chi connectivity index (χ1n) is 7.58. The van der Waals surface area contributed by atoms with Gasteiger partial charge in [0.05, 0.1) is 0 Å². The molecule has 5 nitrogen and oxygen atoms in total. The smallest absolute Gasteiger partial charge is 0.267 e. The number of phenols is 1. The molecule has 0 fully saturated rings. The molecule has 5 heteroatoms. The highest BCUT2D eigenvalue weighted by atomic mass is 16.3. The molecule has 0 aliphatic heterocycles. The molecule has 2 rings (SSSR count). The number of hydrogen-bond acceptors (Lipinski definition) is 4. The fraction of sp³-hybridized carbons (Fsp3) is 0.158. The Labute approximate surface area is 141 Å². The van der Waals surface area contributed by atoms with Crippen LogP contribution < -0.4 is 10.6 Å². The Morgan fingerprint density at radius 3 is 2.75 bits per heavy atom. The molecule has 24 heavy (non-hydrogen) atoms. The third kappa shape index (κ3) is 4.89. The van der Waals surface area contributed by atoms with Gasteiger partial charge in [0, 0.05) is 24.5 Å². The first-order valence-corrected chi connectivity index (χ1v) is 7.58. The molecule has 0 heterocycles. The maximum Gasteiger partial charge on any atom is 0.267 e. The van der Waals surface area contributed by atoms with Crippen LogP contribution in [0.3, 0.4) is 0 Å². The lowest BCUT2D eigenvalue weighted by Crippen LogP contribution is -2.18. The number of carbonyl (C=O) groups excluding carboxylic acids is 1. The van der Waals surface area contributed by atoms with Crippen molar-refractivity contribution in [3.8, 4) is 11.8 Å². The van der Waals surface area contributed by atoms with Crippen LogP contribution in [0.25, 0.3) is 0 Å². The Bertz CT molecular complexity index is 791. The van der Waals surface area contributed by atoms with Crippen LogP contribution in [0.1, 0.15) is 11.1 Å². The maximum absolute atomic E-state index is 12.0. The summed E-state index contributed by atoms with van der Waals surface area (Å²) in [7, 11) is 0. The van der Waals surface area contributed by atoms with E-state index in [2.05, 4.69) is 29.7 Å².